The van der Waals surface area contributed by atoms with Gasteiger partial charge in [0.1, 0.15) is 5.82 Å². The molecule has 17 heavy (non-hydrogen) atoms. The topological polar surface area (TPSA) is 64.7 Å². The van der Waals surface area contributed by atoms with Gasteiger partial charge in [-0.2, -0.15) is 0 Å². The maximum atomic E-state index is 5.87. The summed E-state index contributed by atoms with van der Waals surface area (Å²) in [5.41, 5.74) is 7.80. The van der Waals surface area contributed by atoms with Gasteiger partial charge in [-0.15, -0.1) is 11.3 Å². The molecule has 0 saturated heterocycles. The van der Waals surface area contributed by atoms with E-state index in [1.54, 1.807) is 0 Å². The molecule has 90 valence electrons. The highest BCUT2D eigenvalue weighted by atomic mass is 79.9. The summed E-state index contributed by atoms with van der Waals surface area (Å²) in [5.74, 6) is 1.10. The first-order chi connectivity index (χ1) is 8.11. The molecule has 0 saturated carbocycles. The maximum Gasteiger partial charge on any atom is 0.191 e. The first-order valence-corrected chi connectivity index (χ1v) is 7.03. The minimum Gasteiger partial charge on any atom is -0.383 e. The Morgan fingerprint density at radius 2 is 2.12 bits per heavy atom. The monoisotopic (exact) mass is 312 g/mol. The average Bonchev–Trinajstić information content (AvgIpc) is 2.71. The van der Waals surface area contributed by atoms with Crippen LogP contribution in [0.5, 0.6) is 0 Å². The molecule has 0 aromatic carbocycles. The number of nitrogen functional groups attached to an aromatic ring is 1. The van der Waals surface area contributed by atoms with E-state index in [0.29, 0.717) is 11.6 Å². The largest absolute Gasteiger partial charge is 0.383 e. The molecule has 6 heteroatoms. The third-order valence-corrected chi connectivity index (χ3v) is 4.06. The molecular formula is C11H13BrN4S. The lowest BCUT2D eigenvalue weighted by Crippen LogP contribution is -2.02. The lowest BCUT2D eigenvalue weighted by molar-refractivity contribution is 0.869. The summed E-state index contributed by atoms with van der Waals surface area (Å²) in [6.07, 6.45) is 1.90. The Morgan fingerprint density at radius 1 is 1.35 bits per heavy atom. The number of halogens is 1. The van der Waals surface area contributed by atoms with Crippen molar-refractivity contribution in [2.24, 2.45) is 0 Å². The second-order valence-electron chi connectivity index (χ2n) is 3.74. The smallest absolute Gasteiger partial charge is 0.191 e. The molecule has 0 spiro atoms. The van der Waals surface area contributed by atoms with Crippen LogP contribution in [0.4, 0.5) is 5.82 Å². The third kappa shape index (κ3) is 2.63. The molecule has 0 aliphatic heterocycles. The lowest BCUT2D eigenvalue weighted by Gasteiger charge is -2.06. The SMILES string of the molecule is CCCc1nc(-c2nc(C)cs2)nc(N)c1Br. The highest BCUT2D eigenvalue weighted by Crippen LogP contribution is 2.27. The molecular weight excluding hydrogens is 300 g/mol. The van der Waals surface area contributed by atoms with Crippen molar-refractivity contribution in [1.29, 1.82) is 0 Å². The van der Waals surface area contributed by atoms with Gasteiger partial charge in [-0.05, 0) is 29.3 Å². The number of hydrogen-bond acceptors (Lipinski definition) is 5. The molecule has 0 radical (unpaired) electrons. The Hall–Kier alpha value is -1.01. The van der Waals surface area contributed by atoms with Gasteiger partial charge in [0.15, 0.2) is 10.8 Å². The normalized spacial score (nSPS) is 10.8. The van der Waals surface area contributed by atoms with E-state index in [1.165, 1.54) is 11.3 Å². The van der Waals surface area contributed by atoms with Crippen LogP contribution in [0.15, 0.2) is 9.85 Å². The fourth-order valence-corrected chi connectivity index (χ4v) is 2.57. The highest BCUT2D eigenvalue weighted by Gasteiger charge is 2.12. The first-order valence-electron chi connectivity index (χ1n) is 5.36. The van der Waals surface area contributed by atoms with E-state index in [2.05, 4.69) is 37.8 Å². The molecule has 0 amide bonds. The van der Waals surface area contributed by atoms with E-state index in [0.717, 1.165) is 33.7 Å². The second-order valence-corrected chi connectivity index (χ2v) is 5.39. The van der Waals surface area contributed by atoms with Gasteiger partial charge < -0.3 is 5.73 Å². The van der Waals surface area contributed by atoms with Crippen LogP contribution in [0.2, 0.25) is 0 Å². The molecule has 0 aliphatic rings. The number of aromatic nitrogens is 3. The van der Waals surface area contributed by atoms with Gasteiger partial charge in [0.2, 0.25) is 0 Å². The van der Waals surface area contributed by atoms with Crippen LogP contribution in [-0.4, -0.2) is 15.0 Å². The molecule has 2 heterocycles. The van der Waals surface area contributed by atoms with E-state index in [9.17, 15) is 0 Å². The summed E-state index contributed by atoms with van der Waals surface area (Å²) in [5, 5.41) is 2.80. The summed E-state index contributed by atoms with van der Waals surface area (Å²) >= 11 is 4.96. The van der Waals surface area contributed by atoms with E-state index >= 15 is 0 Å². The summed E-state index contributed by atoms with van der Waals surface area (Å²) in [4.78, 5) is 13.2. The van der Waals surface area contributed by atoms with Crippen LogP contribution in [0.3, 0.4) is 0 Å². The molecule has 2 rings (SSSR count). The molecule has 2 N–H and O–H groups in total. The first kappa shape index (κ1) is 12.4. The van der Waals surface area contributed by atoms with Crippen molar-refractivity contribution in [3.63, 3.8) is 0 Å². The van der Waals surface area contributed by atoms with Crippen molar-refractivity contribution in [1.82, 2.24) is 15.0 Å². The van der Waals surface area contributed by atoms with Gasteiger partial charge in [0.05, 0.1) is 10.2 Å². The van der Waals surface area contributed by atoms with Crippen molar-refractivity contribution in [2.45, 2.75) is 26.7 Å². The van der Waals surface area contributed by atoms with Crippen molar-refractivity contribution in [3.8, 4) is 10.8 Å². The maximum absolute atomic E-state index is 5.87. The van der Waals surface area contributed by atoms with Gasteiger partial charge in [-0.3, -0.25) is 0 Å². The molecule has 0 aliphatic carbocycles. The quantitative estimate of drug-likeness (QED) is 0.945. The molecule has 0 unspecified atom stereocenters. The predicted molar refractivity (Wildman–Crippen MR) is 74.0 cm³/mol. The average molecular weight is 313 g/mol. The predicted octanol–water partition coefficient (Wildman–Crippen LogP) is 3.21. The molecule has 4 nitrogen and oxygen atoms in total. The molecule has 2 aromatic rings. The third-order valence-electron chi connectivity index (χ3n) is 2.24. The summed E-state index contributed by atoms with van der Waals surface area (Å²) < 4.78 is 0.802. The number of thiazole rings is 1. The standard InChI is InChI=1S/C11H13BrN4S/c1-3-4-7-8(12)9(13)16-10(15-7)11-14-6(2)5-17-11/h5H,3-4H2,1-2H3,(H2,13,15,16). The van der Waals surface area contributed by atoms with Crippen LogP contribution >= 0.6 is 27.3 Å². The van der Waals surface area contributed by atoms with Crippen LogP contribution < -0.4 is 5.73 Å². The fourth-order valence-electron chi connectivity index (χ4n) is 1.47. The number of hydrogen-bond donors (Lipinski definition) is 1. The summed E-state index contributed by atoms with van der Waals surface area (Å²) in [6.45, 7) is 4.06. The molecule has 2 aromatic heterocycles. The van der Waals surface area contributed by atoms with Gasteiger partial charge in [-0.1, -0.05) is 13.3 Å². The Morgan fingerprint density at radius 3 is 2.71 bits per heavy atom. The van der Waals surface area contributed by atoms with E-state index in [-0.39, 0.29) is 0 Å². The Bertz CT molecular complexity index is 538. The number of aryl methyl sites for hydroxylation is 2. The number of anilines is 1. The van der Waals surface area contributed by atoms with Crippen LogP contribution in [-0.2, 0) is 6.42 Å². The highest BCUT2D eigenvalue weighted by molar-refractivity contribution is 9.10. The van der Waals surface area contributed by atoms with E-state index in [1.807, 2.05) is 12.3 Å². The van der Waals surface area contributed by atoms with Crippen molar-refractivity contribution in [2.75, 3.05) is 5.73 Å². The van der Waals surface area contributed by atoms with Crippen LogP contribution in [0, 0.1) is 6.92 Å². The Kier molecular flexibility index (Phi) is 3.73. The van der Waals surface area contributed by atoms with E-state index < -0.39 is 0 Å². The summed E-state index contributed by atoms with van der Waals surface area (Å²) in [6, 6.07) is 0. The van der Waals surface area contributed by atoms with Crippen LogP contribution in [0.25, 0.3) is 10.8 Å². The number of rotatable bonds is 3. The molecule has 0 fully saturated rings. The minimum absolute atomic E-state index is 0.478. The van der Waals surface area contributed by atoms with Crippen molar-refractivity contribution < 1.29 is 0 Å². The van der Waals surface area contributed by atoms with Crippen molar-refractivity contribution >= 4 is 33.1 Å². The van der Waals surface area contributed by atoms with Crippen molar-refractivity contribution in [3.05, 3.63) is 21.2 Å². The Balaban J connectivity index is 2.48. The summed E-state index contributed by atoms with van der Waals surface area (Å²) in [7, 11) is 0. The van der Waals surface area contributed by atoms with Gasteiger partial charge in [0, 0.05) is 11.1 Å². The van der Waals surface area contributed by atoms with Gasteiger partial charge >= 0.3 is 0 Å². The van der Waals surface area contributed by atoms with Gasteiger partial charge in [0.25, 0.3) is 0 Å². The minimum atomic E-state index is 0.478. The zero-order valence-electron chi connectivity index (χ0n) is 9.70. The molecule has 0 bridgehead atoms. The fraction of sp³-hybridized carbons (Fsp3) is 0.364. The van der Waals surface area contributed by atoms with Gasteiger partial charge in [-0.25, -0.2) is 15.0 Å². The second kappa shape index (κ2) is 5.10. The zero-order chi connectivity index (χ0) is 12.4. The number of nitrogens with two attached hydrogens (primary N) is 1. The zero-order valence-corrected chi connectivity index (χ0v) is 12.1. The Labute approximate surface area is 112 Å². The molecule has 0 atom stereocenters. The van der Waals surface area contributed by atoms with Crippen LogP contribution in [0.1, 0.15) is 24.7 Å². The van der Waals surface area contributed by atoms with E-state index in [4.69, 9.17) is 5.73 Å². The lowest BCUT2D eigenvalue weighted by atomic mass is 10.2. The number of nitrogens with zero attached hydrogens (tertiary/aromatic N) is 3.